The van der Waals surface area contributed by atoms with Gasteiger partial charge in [0, 0.05) is 24.3 Å². The molecule has 2 aromatic carbocycles. The van der Waals surface area contributed by atoms with Crippen molar-refractivity contribution in [1.29, 1.82) is 0 Å². The lowest BCUT2D eigenvalue weighted by atomic mass is 10.1. The summed E-state index contributed by atoms with van der Waals surface area (Å²) in [5, 5.41) is 15.7. The van der Waals surface area contributed by atoms with Crippen molar-refractivity contribution in [3.05, 3.63) is 75.2 Å². The molecule has 1 heterocycles. The van der Waals surface area contributed by atoms with E-state index in [4.69, 9.17) is 30.2 Å². The average Bonchev–Trinajstić information content (AvgIpc) is 3.38. The first-order valence-electron chi connectivity index (χ1n) is 9.75. The molecule has 3 rings (SSSR count). The van der Waals surface area contributed by atoms with Crippen LogP contribution < -0.4 is 20.1 Å². The van der Waals surface area contributed by atoms with Crippen molar-refractivity contribution >= 4 is 46.4 Å². The standard InChI is InChI=1S/C22H18ClN3O9/c1-32-18-9-13(16(10-19(18)33-2)25-21(28)17-4-3-7-34-17)22(29)35-11-20(27)24-15-6-5-12(26(30)31)8-14(15)23/h3-10H,11H2,1-2H3,(H,24,27)(H,25,28). The quantitative estimate of drug-likeness (QED) is 0.250. The summed E-state index contributed by atoms with van der Waals surface area (Å²) < 4.78 is 20.5. The van der Waals surface area contributed by atoms with Crippen molar-refractivity contribution in [3.63, 3.8) is 0 Å². The number of non-ortho nitro benzene ring substituents is 1. The van der Waals surface area contributed by atoms with E-state index < -0.39 is 29.3 Å². The van der Waals surface area contributed by atoms with Crippen LogP contribution in [-0.4, -0.2) is 43.5 Å². The van der Waals surface area contributed by atoms with Gasteiger partial charge in [0.05, 0.1) is 47.4 Å². The fourth-order valence-corrected chi connectivity index (χ4v) is 3.08. The van der Waals surface area contributed by atoms with Crippen LogP contribution in [0.2, 0.25) is 5.02 Å². The molecule has 0 spiro atoms. The summed E-state index contributed by atoms with van der Waals surface area (Å²) in [7, 11) is 2.73. The molecule has 35 heavy (non-hydrogen) atoms. The topological polar surface area (TPSA) is 159 Å². The lowest BCUT2D eigenvalue weighted by Gasteiger charge is -2.15. The van der Waals surface area contributed by atoms with Crippen molar-refractivity contribution < 1.29 is 37.9 Å². The number of rotatable bonds is 9. The number of benzene rings is 2. The Bertz CT molecular complexity index is 1280. The van der Waals surface area contributed by atoms with Gasteiger partial charge in [-0.1, -0.05) is 11.6 Å². The summed E-state index contributed by atoms with van der Waals surface area (Å²) in [6.45, 7) is -0.716. The first kappa shape index (κ1) is 25.1. The van der Waals surface area contributed by atoms with E-state index in [1.165, 1.54) is 50.8 Å². The summed E-state index contributed by atoms with van der Waals surface area (Å²) in [5.41, 5.74) is -0.260. The van der Waals surface area contributed by atoms with Crippen LogP contribution in [0.3, 0.4) is 0 Å². The number of nitrogens with zero attached hydrogens (tertiary/aromatic N) is 1. The Kier molecular flexibility index (Phi) is 7.89. The number of nitro groups is 1. The van der Waals surface area contributed by atoms with Crippen LogP contribution in [0, 0.1) is 10.1 Å². The van der Waals surface area contributed by atoms with Crippen molar-refractivity contribution in [2.75, 3.05) is 31.5 Å². The molecule has 0 saturated carbocycles. The van der Waals surface area contributed by atoms with E-state index >= 15 is 0 Å². The number of carbonyl (C=O) groups is 3. The number of methoxy groups -OCH3 is 2. The van der Waals surface area contributed by atoms with Crippen molar-refractivity contribution in [2.24, 2.45) is 0 Å². The number of nitro benzene ring substituents is 1. The van der Waals surface area contributed by atoms with Crippen LogP contribution in [0.25, 0.3) is 0 Å². The minimum absolute atomic E-state index is 0.00143. The molecule has 13 heteroatoms. The van der Waals surface area contributed by atoms with Crippen molar-refractivity contribution in [3.8, 4) is 11.5 Å². The van der Waals surface area contributed by atoms with E-state index in [9.17, 15) is 24.5 Å². The molecule has 2 amide bonds. The number of ether oxygens (including phenoxy) is 3. The number of anilines is 2. The minimum atomic E-state index is -0.953. The highest BCUT2D eigenvalue weighted by Crippen LogP contribution is 2.34. The Morgan fingerprint density at radius 2 is 1.74 bits per heavy atom. The minimum Gasteiger partial charge on any atom is -0.493 e. The molecule has 2 N–H and O–H groups in total. The third-order valence-corrected chi connectivity index (χ3v) is 4.82. The van der Waals surface area contributed by atoms with Gasteiger partial charge in [0.25, 0.3) is 17.5 Å². The van der Waals surface area contributed by atoms with E-state index in [-0.39, 0.29) is 44.9 Å². The van der Waals surface area contributed by atoms with E-state index in [1.807, 2.05) is 0 Å². The molecule has 0 fully saturated rings. The van der Waals surface area contributed by atoms with Crippen LogP contribution in [0.1, 0.15) is 20.9 Å². The molecular formula is C22H18ClN3O9. The van der Waals surface area contributed by atoms with Crippen molar-refractivity contribution in [1.82, 2.24) is 0 Å². The number of hydrogen-bond acceptors (Lipinski definition) is 9. The van der Waals surface area contributed by atoms with Gasteiger partial charge in [-0.3, -0.25) is 19.7 Å². The third kappa shape index (κ3) is 6.06. The molecule has 12 nitrogen and oxygen atoms in total. The van der Waals surface area contributed by atoms with Gasteiger partial charge in [0.15, 0.2) is 23.9 Å². The van der Waals surface area contributed by atoms with Gasteiger partial charge < -0.3 is 29.3 Å². The monoisotopic (exact) mass is 503 g/mol. The van der Waals surface area contributed by atoms with Crippen molar-refractivity contribution in [2.45, 2.75) is 0 Å². The molecule has 0 aliphatic heterocycles. The van der Waals surface area contributed by atoms with E-state index in [0.717, 1.165) is 12.1 Å². The Labute approximate surface area is 202 Å². The predicted molar refractivity (Wildman–Crippen MR) is 123 cm³/mol. The summed E-state index contributed by atoms with van der Waals surface area (Å²) in [5.74, 6) is -1.94. The summed E-state index contributed by atoms with van der Waals surface area (Å²) >= 11 is 5.95. The second-order valence-corrected chi connectivity index (χ2v) is 7.14. The van der Waals surface area contributed by atoms with Crippen LogP contribution in [0.5, 0.6) is 11.5 Å². The zero-order valence-electron chi connectivity index (χ0n) is 18.3. The van der Waals surface area contributed by atoms with Gasteiger partial charge in [-0.05, 0) is 18.2 Å². The van der Waals surface area contributed by atoms with E-state index in [2.05, 4.69) is 10.6 Å². The third-order valence-electron chi connectivity index (χ3n) is 4.51. The highest BCUT2D eigenvalue weighted by Gasteiger charge is 2.22. The van der Waals surface area contributed by atoms with Gasteiger partial charge in [-0.2, -0.15) is 0 Å². The maximum absolute atomic E-state index is 12.8. The lowest BCUT2D eigenvalue weighted by molar-refractivity contribution is -0.384. The maximum atomic E-state index is 12.8. The molecule has 1 aromatic heterocycles. The lowest BCUT2D eigenvalue weighted by Crippen LogP contribution is -2.22. The normalized spacial score (nSPS) is 10.3. The molecular weight excluding hydrogens is 486 g/mol. The van der Waals surface area contributed by atoms with E-state index in [0.29, 0.717) is 0 Å². The van der Waals surface area contributed by atoms with Gasteiger partial charge in [-0.25, -0.2) is 4.79 Å². The zero-order chi connectivity index (χ0) is 25.5. The predicted octanol–water partition coefficient (Wildman–Crippen LogP) is 3.91. The van der Waals surface area contributed by atoms with Gasteiger partial charge in [0.1, 0.15) is 0 Å². The number of amides is 2. The number of nitrogens with one attached hydrogen (secondary N) is 2. The summed E-state index contributed by atoms with van der Waals surface area (Å²) in [6, 6.07) is 9.07. The average molecular weight is 504 g/mol. The molecule has 0 atom stereocenters. The van der Waals surface area contributed by atoms with E-state index in [1.54, 1.807) is 0 Å². The molecule has 182 valence electrons. The summed E-state index contributed by atoms with van der Waals surface area (Å²) in [4.78, 5) is 47.6. The smallest absolute Gasteiger partial charge is 0.340 e. The Hall–Kier alpha value is -4.58. The largest absolute Gasteiger partial charge is 0.493 e. The molecule has 0 bridgehead atoms. The molecule has 0 aliphatic rings. The maximum Gasteiger partial charge on any atom is 0.340 e. The van der Waals surface area contributed by atoms with Crippen LogP contribution in [-0.2, 0) is 9.53 Å². The number of furan rings is 1. The molecule has 0 aliphatic carbocycles. The van der Waals surface area contributed by atoms with Crippen LogP contribution in [0.4, 0.5) is 17.1 Å². The fourth-order valence-electron chi connectivity index (χ4n) is 2.86. The highest BCUT2D eigenvalue weighted by molar-refractivity contribution is 6.34. The van der Waals surface area contributed by atoms with Crippen LogP contribution in [0.15, 0.2) is 53.1 Å². The second-order valence-electron chi connectivity index (χ2n) is 6.73. The SMILES string of the molecule is COc1cc(NC(=O)c2ccco2)c(C(=O)OCC(=O)Nc2ccc([N+](=O)[O-])cc2Cl)cc1OC. The first-order valence-corrected chi connectivity index (χ1v) is 10.1. The van der Waals surface area contributed by atoms with Crippen LogP contribution >= 0.6 is 11.6 Å². The molecule has 0 saturated heterocycles. The number of esters is 1. The summed E-state index contributed by atoms with van der Waals surface area (Å²) in [6.07, 6.45) is 1.31. The number of carbonyl (C=O) groups excluding carboxylic acids is 3. The highest BCUT2D eigenvalue weighted by atomic mass is 35.5. The Morgan fingerprint density at radius 1 is 1.03 bits per heavy atom. The number of hydrogen-bond donors (Lipinski definition) is 2. The first-order chi connectivity index (χ1) is 16.7. The fraction of sp³-hybridized carbons (Fsp3) is 0.136. The van der Waals surface area contributed by atoms with Gasteiger partial charge in [0.2, 0.25) is 0 Å². The zero-order valence-corrected chi connectivity index (χ0v) is 19.1. The molecule has 0 radical (unpaired) electrons. The van der Waals surface area contributed by atoms with Gasteiger partial charge in [-0.15, -0.1) is 0 Å². The second kappa shape index (κ2) is 11.0. The number of halogens is 1. The molecule has 0 unspecified atom stereocenters. The van der Waals surface area contributed by atoms with Gasteiger partial charge >= 0.3 is 5.97 Å². The Morgan fingerprint density at radius 3 is 2.34 bits per heavy atom. The Balaban J connectivity index is 1.75. The molecule has 3 aromatic rings.